The van der Waals surface area contributed by atoms with Crippen LogP contribution in [0.3, 0.4) is 0 Å². The largest absolute Gasteiger partial charge is 0.121 e. The number of allylic oxidation sites excluding steroid dienone is 2. The van der Waals surface area contributed by atoms with Crippen molar-refractivity contribution in [2.75, 3.05) is 25.0 Å². The minimum Gasteiger partial charge on any atom is -0.121 e. The number of rotatable bonds is 8. The van der Waals surface area contributed by atoms with Gasteiger partial charge in [0.15, 0.2) is 0 Å². The monoisotopic (exact) mass is 746 g/mol. The zero-order valence-electron chi connectivity index (χ0n) is 22.5. The van der Waals surface area contributed by atoms with Gasteiger partial charge in [0, 0.05) is 9.81 Å². The Morgan fingerprint density at radius 2 is 0.825 bits per heavy atom. The van der Waals surface area contributed by atoms with E-state index in [2.05, 4.69) is 86.1 Å². The maximum Gasteiger partial charge on any atom is 0.0717 e. The molecule has 0 aliphatic carbocycles. The van der Waals surface area contributed by atoms with Crippen LogP contribution in [-0.2, 0) is 0 Å². The fourth-order valence-electron chi connectivity index (χ4n) is 3.64. The molecule has 1 aromatic rings. The zero-order chi connectivity index (χ0) is 28.2. The van der Waals surface area contributed by atoms with Crippen molar-refractivity contribution >= 4 is 153 Å². The van der Waals surface area contributed by atoms with Crippen molar-refractivity contribution < 1.29 is 0 Å². The summed E-state index contributed by atoms with van der Waals surface area (Å²) in [5, 5.41) is 4.58. The molecule has 4 heterocycles. The summed E-state index contributed by atoms with van der Waals surface area (Å²) >= 11 is 22.7. The Morgan fingerprint density at radius 3 is 1.15 bits per heavy atom. The molecule has 0 nitrogen and oxygen atoms in total. The maximum atomic E-state index is 2.32. The second-order valence-corrected chi connectivity index (χ2v) is 21.6. The Balaban J connectivity index is 1.20. The Bertz CT molecular complexity index is 1310. The molecule has 5 rings (SSSR count). The third kappa shape index (κ3) is 7.94. The third-order valence-corrected chi connectivity index (χ3v) is 21.8. The summed E-state index contributed by atoms with van der Waals surface area (Å²) in [6.45, 7) is 4.44. The van der Waals surface area contributed by atoms with Gasteiger partial charge in [0.1, 0.15) is 0 Å². The molecule has 4 aliphatic heterocycles. The van der Waals surface area contributed by atoms with Crippen LogP contribution in [0.2, 0.25) is 0 Å². The molecule has 0 unspecified atom stereocenters. The van der Waals surface area contributed by atoms with E-state index in [4.69, 9.17) is 0 Å². The number of hydrogen-bond acceptors (Lipinski definition) is 12. The molecule has 4 aliphatic rings. The van der Waals surface area contributed by atoms with Gasteiger partial charge in [-0.25, -0.2) is 0 Å². The van der Waals surface area contributed by atoms with E-state index in [0.717, 1.165) is 0 Å². The Morgan fingerprint density at radius 1 is 0.475 bits per heavy atom. The molecule has 0 fully saturated rings. The smallest absolute Gasteiger partial charge is 0.0717 e. The normalized spacial score (nSPS) is 20.1. The van der Waals surface area contributed by atoms with Crippen molar-refractivity contribution in [1.29, 1.82) is 0 Å². The summed E-state index contributed by atoms with van der Waals surface area (Å²) in [5.41, 5.74) is 5.19. The molecule has 0 atom stereocenters. The van der Waals surface area contributed by atoms with Gasteiger partial charge in [0.05, 0.1) is 33.9 Å². The molecule has 0 saturated heterocycles. The van der Waals surface area contributed by atoms with Crippen molar-refractivity contribution in [3.63, 3.8) is 0 Å². The molecule has 12 heteroatoms. The van der Waals surface area contributed by atoms with Gasteiger partial charge < -0.3 is 0 Å². The lowest BCUT2D eigenvalue weighted by Crippen LogP contribution is -1.88. The van der Waals surface area contributed by atoms with Crippen LogP contribution in [-0.4, -0.2) is 25.0 Å². The summed E-state index contributed by atoms with van der Waals surface area (Å²) in [7, 11) is 0. The number of benzene rings is 1. The Labute approximate surface area is 289 Å². The molecule has 0 amide bonds. The van der Waals surface area contributed by atoms with E-state index in [1.165, 1.54) is 66.0 Å². The lowest BCUT2D eigenvalue weighted by molar-refractivity contribution is 1.36. The van der Waals surface area contributed by atoms with Crippen LogP contribution >= 0.6 is 141 Å². The van der Waals surface area contributed by atoms with Gasteiger partial charge >= 0.3 is 0 Å². The molecular formula is C28H26S12. The lowest BCUT2D eigenvalue weighted by atomic mass is 9.99. The molecule has 0 aromatic heterocycles. The lowest BCUT2D eigenvalue weighted by Gasteiger charge is -2.07. The van der Waals surface area contributed by atoms with Crippen molar-refractivity contribution in [3.05, 3.63) is 101 Å². The number of hydrogen-bond donors (Lipinski definition) is 0. The van der Waals surface area contributed by atoms with E-state index in [0.29, 0.717) is 0 Å². The van der Waals surface area contributed by atoms with E-state index in [1.54, 1.807) is 0 Å². The first kappa shape index (κ1) is 32.7. The van der Waals surface area contributed by atoms with Gasteiger partial charge in [-0.1, -0.05) is 118 Å². The molecular weight excluding hydrogens is 721 g/mol. The summed E-state index contributed by atoms with van der Waals surface area (Å²) in [6.07, 6.45) is 17.8. The molecule has 0 saturated carbocycles. The summed E-state index contributed by atoms with van der Waals surface area (Å²) in [5.74, 6) is 0. The second kappa shape index (κ2) is 15.6. The molecule has 1 aromatic carbocycles. The number of thioether (sulfide) groups is 12. The van der Waals surface area contributed by atoms with Crippen molar-refractivity contribution in [2.24, 2.45) is 0 Å². The molecule has 0 radical (unpaired) electrons. The van der Waals surface area contributed by atoms with Crippen LogP contribution in [0.1, 0.15) is 22.3 Å². The zero-order valence-corrected chi connectivity index (χ0v) is 32.3. The van der Waals surface area contributed by atoms with Crippen molar-refractivity contribution in [3.8, 4) is 0 Å². The van der Waals surface area contributed by atoms with Crippen LogP contribution in [0.4, 0.5) is 0 Å². The SMILES string of the molecule is CSC1=C(SC)SC(=C2SC=C(/C=C/c3cc(C)c(/C=C/C4=CSC(=C5SC(SC)=C(SC)S5)S4)cc3C)S2)S1. The highest BCUT2D eigenvalue weighted by molar-refractivity contribution is 8.43. The van der Waals surface area contributed by atoms with Gasteiger partial charge in [0.25, 0.3) is 0 Å². The van der Waals surface area contributed by atoms with Crippen molar-refractivity contribution in [1.82, 2.24) is 0 Å². The quantitative estimate of drug-likeness (QED) is 0.249. The van der Waals surface area contributed by atoms with Crippen LogP contribution in [0.25, 0.3) is 12.2 Å². The summed E-state index contributed by atoms with van der Waals surface area (Å²) < 4.78 is 11.4. The molecule has 210 valence electrons. The van der Waals surface area contributed by atoms with Crippen LogP contribution < -0.4 is 0 Å². The Kier molecular flexibility index (Phi) is 12.7. The van der Waals surface area contributed by atoms with Gasteiger partial charge in [-0.3, -0.25) is 0 Å². The van der Waals surface area contributed by atoms with Crippen molar-refractivity contribution in [2.45, 2.75) is 13.8 Å². The first-order valence-electron chi connectivity index (χ1n) is 11.8. The number of aryl methyl sites for hydroxylation is 2. The predicted octanol–water partition coefficient (Wildman–Crippen LogP) is 13.9. The van der Waals surface area contributed by atoms with E-state index in [-0.39, 0.29) is 0 Å². The Hall–Kier alpha value is 1.34. The molecule has 0 N–H and O–H groups in total. The molecule has 40 heavy (non-hydrogen) atoms. The maximum absolute atomic E-state index is 2.32. The highest BCUT2D eigenvalue weighted by Gasteiger charge is 2.27. The first-order chi connectivity index (χ1) is 19.4. The van der Waals surface area contributed by atoms with Gasteiger partial charge in [-0.15, -0.1) is 47.0 Å². The second-order valence-electron chi connectivity index (χ2n) is 8.24. The highest BCUT2D eigenvalue weighted by Crippen LogP contribution is 2.63. The predicted molar refractivity (Wildman–Crippen MR) is 213 cm³/mol. The minimum atomic E-state index is 1.29. The van der Waals surface area contributed by atoms with Gasteiger partial charge in [-0.05, 0) is 84.1 Å². The average molecular weight is 747 g/mol. The summed E-state index contributed by atoms with van der Waals surface area (Å²) in [4.78, 5) is 2.63. The summed E-state index contributed by atoms with van der Waals surface area (Å²) in [6, 6.07) is 4.65. The van der Waals surface area contributed by atoms with Crippen LogP contribution in [0, 0.1) is 13.8 Å². The highest BCUT2D eigenvalue weighted by atomic mass is 32.3. The third-order valence-electron chi connectivity index (χ3n) is 5.64. The van der Waals surface area contributed by atoms with E-state index in [1.807, 2.05) is 141 Å². The van der Waals surface area contributed by atoms with E-state index >= 15 is 0 Å². The van der Waals surface area contributed by atoms with Gasteiger partial charge in [-0.2, -0.15) is 0 Å². The average Bonchev–Trinajstić information content (AvgIpc) is 3.76. The fraction of sp³-hybridized carbons (Fsp3) is 0.214. The molecule has 0 bridgehead atoms. The standard InChI is InChI=1S/C28H26S12/c1-15-11-18(8-10-20-14-34-26(36-20)28-39-23(31-5)24(32-6)40-28)16(2)12-17(15)7-9-19-13-33-25(35-19)27-37-21(29-3)22(30-4)38-27/h7-14H,1-6H3/b9-7+,10-8+. The van der Waals surface area contributed by atoms with Crippen LogP contribution in [0.15, 0.2) is 78.8 Å². The molecule has 0 spiro atoms. The van der Waals surface area contributed by atoms with Crippen LogP contribution in [0.5, 0.6) is 0 Å². The van der Waals surface area contributed by atoms with Gasteiger partial charge in [0.2, 0.25) is 0 Å². The van der Waals surface area contributed by atoms with E-state index in [9.17, 15) is 0 Å². The topological polar surface area (TPSA) is 0 Å². The minimum absolute atomic E-state index is 1.29. The first-order valence-corrected chi connectivity index (χ1v) is 23.4. The van der Waals surface area contributed by atoms with E-state index < -0.39 is 0 Å². The fourth-order valence-corrected chi connectivity index (χ4v) is 18.6.